The van der Waals surface area contributed by atoms with Crippen LogP contribution >= 0.6 is 24.0 Å². The van der Waals surface area contributed by atoms with Gasteiger partial charge < -0.3 is 10.6 Å². The van der Waals surface area contributed by atoms with Crippen molar-refractivity contribution in [1.29, 1.82) is 0 Å². The summed E-state index contributed by atoms with van der Waals surface area (Å²) < 4.78 is 13.2. The van der Waals surface area contributed by atoms with E-state index < -0.39 is 0 Å². The van der Waals surface area contributed by atoms with Gasteiger partial charge in [0.1, 0.15) is 5.82 Å². The van der Waals surface area contributed by atoms with Crippen LogP contribution in [0.4, 0.5) is 4.39 Å². The van der Waals surface area contributed by atoms with Crippen LogP contribution < -0.4 is 10.6 Å². The summed E-state index contributed by atoms with van der Waals surface area (Å²) in [5, 5.41) is 6.69. The van der Waals surface area contributed by atoms with Gasteiger partial charge in [-0.1, -0.05) is 42.5 Å². The summed E-state index contributed by atoms with van der Waals surface area (Å²) in [4.78, 5) is 4.25. The average Bonchev–Trinajstić information content (AvgIpc) is 3.38. The maximum Gasteiger partial charge on any atom is 0.190 e. The fourth-order valence-corrected chi connectivity index (χ4v) is 3.05. The topological polar surface area (TPSA) is 36.4 Å². The van der Waals surface area contributed by atoms with E-state index in [-0.39, 0.29) is 29.8 Å². The zero-order valence-electron chi connectivity index (χ0n) is 14.4. The molecule has 0 radical (unpaired) electrons. The van der Waals surface area contributed by atoms with Gasteiger partial charge in [-0.15, -0.1) is 24.0 Å². The molecule has 5 heteroatoms. The Morgan fingerprint density at radius 2 is 1.92 bits per heavy atom. The first-order valence-corrected chi connectivity index (χ1v) is 8.50. The molecule has 3 rings (SSSR count). The summed E-state index contributed by atoms with van der Waals surface area (Å²) in [5.74, 6) is 1.97. The van der Waals surface area contributed by atoms with Crippen LogP contribution in [-0.2, 0) is 6.42 Å². The van der Waals surface area contributed by atoms with Crippen LogP contribution in [0.25, 0.3) is 0 Å². The molecule has 2 aromatic rings. The fourth-order valence-electron chi connectivity index (χ4n) is 3.05. The Balaban J connectivity index is 0.00000225. The monoisotopic (exact) mass is 453 g/mol. The third-order valence-electron chi connectivity index (χ3n) is 4.50. The van der Waals surface area contributed by atoms with Gasteiger partial charge in [0.05, 0.1) is 0 Å². The molecule has 0 heterocycles. The molecule has 134 valence electrons. The third kappa shape index (κ3) is 5.99. The number of guanidine groups is 1. The van der Waals surface area contributed by atoms with Crippen molar-refractivity contribution in [2.75, 3.05) is 20.1 Å². The molecule has 2 N–H and O–H groups in total. The second-order valence-corrected chi connectivity index (χ2v) is 6.27. The molecule has 2 unspecified atom stereocenters. The van der Waals surface area contributed by atoms with Crippen LogP contribution in [0.5, 0.6) is 0 Å². The summed E-state index contributed by atoms with van der Waals surface area (Å²) >= 11 is 0. The molecule has 1 aliphatic rings. The highest BCUT2D eigenvalue weighted by molar-refractivity contribution is 14.0. The molecule has 0 spiro atoms. The Bertz CT molecular complexity index is 690. The van der Waals surface area contributed by atoms with E-state index in [1.807, 2.05) is 6.07 Å². The van der Waals surface area contributed by atoms with Crippen molar-refractivity contribution in [3.63, 3.8) is 0 Å². The van der Waals surface area contributed by atoms with E-state index >= 15 is 0 Å². The number of benzene rings is 2. The summed E-state index contributed by atoms with van der Waals surface area (Å²) in [6.45, 7) is 1.66. The van der Waals surface area contributed by atoms with E-state index in [1.54, 1.807) is 19.2 Å². The van der Waals surface area contributed by atoms with Gasteiger partial charge in [0, 0.05) is 20.1 Å². The largest absolute Gasteiger partial charge is 0.356 e. The summed E-state index contributed by atoms with van der Waals surface area (Å²) in [6.07, 6.45) is 2.01. The Hall–Kier alpha value is -1.63. The molecule has 1 aliphatic carbocycles. The van der Waals surface area contributed by atoms with Crippen LogP contribution in [0, 0.1) is 11.7 Å². The highest BCUT2D eigenvalue weighted by Crippen LogP contribution is 2.46. The molecule has 0 bridgehead atoms. The van der Waals surface area contributed by atoms with Crippen molar-refractivity contribution >= 4 is 29.9 Å². The van der Waals surface area contributed by atoms with E-state index in [4.69, 9.17) is 0 Å². The van der Waals surface area contributed by atoms with Crippen LogP contribution in [0.2, 0.25) is 0 Å². The second kappa shape index (κ2) is 9.75. The summed E-state index contributed by atoms with van der Waals surface area (Å²) in [5.41, 5.74) is 2.42. The van der Waals surface area contributed by atoms with Gasteiger partial charge >= 0.3 is 0 Å². The minimum Gasteiger partial charge on any atom is -0.356 e. The number of rotatable bonds is 6. The van der Waals surface area contributed by atoms with Crippen LogP contribution in [0.15, 0.2) is 59.6 Å². The molecule has 2 aromatic carbocycles. The lowest BCUT2D eigenvalue weighted by Crippen LogP contribution is -2.39. The van der Waals surface area contributed by atoms with Gasteiger partial charge in [-0.3, -0.25) is 4.99 Å². The molecular formula is C20H25FIN3. The SMILES string of the molecule is CN=C(NCCc1cccc(F)c1)NCC1CC1c1ccccc1.I. The van der Waals surface area contributed by atoms with Crippen LogP contribution in [0.1, 0.15) is 23.5 Å². The molecular weight excluding hydrogens is 428 g/mol. The molecule has 1 fully saturated rings. The Labute approximate surface area is 166 Å². The standard InChI is InChI=1S/C20H24FN3.HI/c1-22-20(23-11-10-15-6-5-9-18(21)12-15)24-14-17-13-19(17)16-7-3-2-4-8-16;/h2-9,12,17,19H,10-11,13-14H2,1H3,(H2,22,23,24);1H. The van der Waals surface area contributed by atoms with Gasteiger partial charge in [0.2, 0.25) is 0 Å². The van der Waals surface area contributed by atoms with Gasteiger partial charge in [-0.05, 0) is 47.9 Å². The van der Waals surface area contributed by atoms with Gasteiger partial charge in [0.15, 0.2) is 5.96 Å². The smallest absolute Gasteiger partial charge is 0.190 e. The third-order valence-corrected chi connectivity index (χ3v) is 4.50. The number of nitrogens with zero attached hydrogens (tertiary/aromatic N) is 1. The minimum absolute atomic E-state index is 0. The van der Waals surface area contributed by atoms with Crippen molar-refractivity contribution in [3.05, 3.63) is 71.5 Å². The van der Waals surface area contributed by atoms with Crippen molar-refractivity contribution in [2.24, 2.45) is 10.9 Å². The Morgan fingerprint density at radius 3 is 2.64 bits per heavy atom. The molecule has 0 saturated heterocycles. The molecule has 1 saturated carbocycles. The number of hydrogen-bond donors (Lipinski definition) is 2. The van der Waals surface area contributed by atoms with E-state index in [1.165, 1.54) is 18.1 Å². The zero-order chi connectivity index (χ0) is 16.8. The lowest BCUT2D eigenvalue weighted by molar-refractivity contribution is 0.625. The summed E-state index contributed by atoms with van der Waals surface area (Å²) in [6, 6.07) is 17.4. The predicted octanol–water partition coefficient (Wildman–Crippen LogP) is 3.95. The molecule has 3 nitrogen and oxygen atoms in total. The first-order chi connectivity index (χ1) is 11.8. The number of halogens is 2. The first kappa shape index (κ1) is 19.7. The summed E-state index contributed by atoms with van der Waals surface area (Å²) in [7, 11) is 1.78. The van der Waals surface area contributed by atoms with Gasteiger partial charge in [-0.25, -0.2) is 4.39 Å². The Morgan fingerprint density at radius 1 is 1.12 bits per heavy atom. The van der Waals surface area contributed by atoms with E-state index in [0.717, 1.165) is 31.0 Å². The van der Waals surface area contributed by atoms with Crippen LogP contribution in [-0.4, -0.2) is 26.1 Å². The number of aliphatic imine (C=N–C) groups is 1. The zero-order valence-corrected chi connectivity index (χ0v) is 16.7. The number of hydrogen-bond acceptors (Lipinski definition) is 1. The lowest BCUT2D eigenvalue weighted by Gasteiger charge is -2.12. The molecule has 0 amide bonds. The molecule has 25 heavy (non-hydrogen) atoms. The van der Waals surface area contributed by atoms with E-state index in [9.17, 15) is 4.39 Å². The van der Waals surface area contributed by atoms with Crippen molar-refractivity contribution in [3.8, 4) is 0 Å². The molecule has 2 atom stereocenters. The quantitative estimate of drug-likeness (QED) is 0.395. The number of nitrogens with one attached hydrogen (secondary N) is 2. The van der Waals surface area contributed by atoms with Crippen molar-refractivity contribution in [2.45, 2.75) is 18.8 Å². The predicted molar refractivity (Wildman–Crippen MR) is 112 cm³/mol. The van der Waals surface area contributed by atoms with Crippen molar-refractivity contribution in [1.82, 2.24) is 10.6 Å². The highest BCUT2D eigenvalue weighted by Gasteiger charge is 2.37. The van der Waals surface area contributed by atoms with E-state index in [0.29, 0.717) is 11.8 Å². The molecule has 0 aromatic heterocycles. The average molecular weight is 453 g/mol. The normalized spacial score (nSPS) is 19.0. The lowest BCUT2D eigenvalue weighted by atomic mass is 10.1. The maximum atomic E-state index is 13.2. The van der Waals surface area contributed by atoms with Gasteiger partial charge in [0.25, 0.3) is 0 Å². The fraction of sp³-hybridized carbons (Fsp3) is 0.350. The van der Waals surface area contributed by atoms with Crippen LogP contribution in [0.3, 0.4) is 0 Å². The maximum absolute atomic E-state index is 13.2. The Kier molecular flexibility index (Phi) is 7.68. The first-order valence-electron chi connectivity index (χ1n) is 8.50. The van der Waals surface area contributed by atoms with Crippen molar-refractivity contribution < 1.29 is 4.39 Å². The minimum atomic E-state index is -0.185. The molecule has 0 aliphatic heterocycles. The van der Waals surface area contributed by atoms with E-state index in [2.05, 4.69) is 46.0 Å². The highest BCUT2D eigenvalue weighted by atomic mass is 127. The van der Waals surface area contributed by atoms with Gasteiger partial charge in [-0.2, -0.15) is 0 Å². The second-order valence-electron chi connectivity index (χ2n) is 6.27.